The number of hydrogen-bond donors (Lipinski definition) is 1. The van der Waals surface area contributed by atoms with Crippen LogP contribution in [0.4, 0.5) is 5.13 Å². The summed E-state index contributed by atoms with van der Waals surface area (Å²) < 4.78 is 5.89. The first kappa shape index (κ1) is 18.7. The van der Waals surface area contributed by atoms with Gasteiger partial charge in [0, 0.05) is 11.3 Å². The maximum atomic E-state index is 12.3. The van der Waals surface area contributed by atoms with E-state index in [2.05, 4.69) is 34.6 Å². The number of nitrogens with one attached hydrogen (secondary N) is 1. The normalized spacial score (nSPS) is 10.6. The van der Waals surface area contributed by atoms with Crippen LogP contribution in [0.2, 0.25) is 5.02 Å². The van der Waals surface area contributed by atoms with Crippen LogP contribution in [-0.2, 0) is 5.75 Å². The van der Waals surface area contributed by atoms with Gasteiger partial charge in [-0.05, 0) is 36.2 Å². The van der Waals surface area contributed by atoms with Crippen molar-refractivity contribution in [3.8, 4) is 5.75 Å². The minimum Gasteiger partial charge on any atom is -0.495 e. The predicted octanol–water partition coefficient (Wildman–Crippen LogP) is 5.05. The van der Waals surface area contributed by atoms with Gasteiger partial charge < -0.3 is 4.74 Å². The molecule has 26 heavy (non-hydrogen) atoms. The molecule has 0 saturated heterocycles. The highest BCUT2D eigenvalue weighted by atomic mass is 35.5. The first-order chi connectivity index (χ1) is 12.6. The summed E-state index contributed by atoms with van der Waals surface area (Å²) in [5.41, 5.74) is 2.93. The van der Waals surface area contributed by atoms with Gasteiger partial charge in [0.25, 0.3) is 5.91 Å². The summed E-state index contributed by atoms with van der Waals surface area (Å²) in [7, 11) is 1.53. The Morgan fingerprint density at radius 2 is 2.08 bits per heavy atom. The topological polar surface area (TPSA) is 64.1 Å². The van der Waals surface area contributed by atoms with Crippen molar-refractivity contribution in [2.45, 2.75) is 17.0 Å². The fourth-order valence-electron chi connectivity index (χ4n) is 2.21. The van der Waals surface area contributed by atoms with Gasteiger partial charge in [-0.15, -0.1) is 10.2 Å². The number of rotatable bonds is 6. The second-order valence-corrected chi connectivity index (χ2v) is 8.00. The van der Waals surface area contributed by atoms with Crippen LogP contribution in [0, 0.1) is 6.92 Å². The molecule has 0 spiro atoms. The lowest BCUT2D eigenvalue weighted by Gasteiger charge is -2.05. The molecule has 0 fully saturated rings. The van der Waals surface area contributed by atoms with Crippen molar-refractivity contribution in [3.05, 3.63) is 64.2 Å². The van der Waals surface area contributed by atoms with Crippen molar-refractivity contribution in [2.75, 3.05) is 12.4 Å². The minimum atomic E-state index is -0.291. The van der Waals surface area contributed by atoms with Crippen LogP contribution in [0.1, 0.15) is 21.5 Å². The third-order valence-electron chi connectivity index (χ3n) is 3.65. The molecule has 3 rings (SSSR count). The largest absolute Gasteiger partial charge is 0.495 e. The smallest absolute Gasteiger partial charge is 0.257 e. The summed E-state index contributed by atoms with van der Waals surface area (Å²) in [6.07, 6.45) is 0. The summed E-state index contributed by atoms with van der Waals surface area (Å²) in [6.45, 7) is 2.08. The molecule has 1 amide bonds. The van der Waals surface area contributed by atoms with E-state index in [4.69, 9.17) is 16.3 Å². The number of nitrogens with zero attached hydrogens (tertiary/aromatic N) is 2. The summed E-state index contributed by atoms with van der Waals surface area (Å²) in [4.78, 5) is 12.3. The van der Waals surface area contributed by atoms with E-state index in [-0.39, 0.29) is 5.91 Å². The molecule has 0 bridgehead atoms. The van der Waals surface area contributed by atoms with E-state index in [0.717, 1.165) is 10.1 Å². The second-order valence-electron chi connectivity index (χ2n) is 5.39. The van der Waals surface area contributed by atoms with Crippen molar-refractivity contribution < 1.29 is 9.53 Å². The number of anilines is 1. The Morgan fingerprint density at radius 1 is 1.27 bits per heavy atom. The van der Waals surface area contributed by atoms with Crippen molar-refractivity contribution in [1.29, 1.82) is 0 Å². The summed E-state index contributed by atoms with van der Waals surface area (Å²) in [6, 6.07) is 13.1. The van der Waals surface area contributed by atoms with Crippen molar-refractivity contribution >= 4 is 45.7 Å². The molecular weight excluding hydrogens is 390 g/mol. The highest BCUT2D eigenvalue weighted by molar-refractivity contribution is 8.00. The predicted molar refractivity (Wildman–Crippen MR) is 107 cm³/mol. The molecule has 0 aliphatic rings. The highest BCUT2D eigenvalue weighted by Gasteiger charge is 2.13. The number of aryl methyl sites for hydroxylation is 1. The van der Waals surface area contributed by atoms with Crippen molar-refractivity contribution in [2.24, 2.45) is 0 Å². The Bertz CT molecular complexity index is 930. The maximum Gasteiger partial charge on any atom is 0.257 e. The van der Waals surface area contributed by atoms with Crippen LogP contribution in [-0.4, -0.2) is 23.2 Å². The average Bonchev–Trinajstić information content (AvgIpc) is 3.08. The van der Waals surface area contributed by atoms with Gasteiger partial charge in [-0.1, -0.05) is 59.0 Å². The standard InChI is InChI=1S/C18H16ClN3O2S2/c1-11-5-3-4-6-13(11)10-25-18-22-21-17(26-18)20-16(23)12-7-8-15(24-2)14(19)9-12/h3-9H,10H2,1-2H3,(H,20,21,23). The molecule has 0 unspecified atom stereocenters. The first-order valence-electron chi connectivity index (χ1n) is 7.72. The van der Waals surface area contributed by atoms with Gasteiger partial charge in [0.1, 0.15) is 5.75 Å². The van der Waals surface area contributed by atoms with Gasteiger partial charge in [-0.3, -0.25) is 10.1 Å². The van der Waals surface area contributed by atoms with Gasteiger partial charge in [0.05, 0.1) is 12.1 Å². The molecule has 3 aromatic rings. The summed E-state index contributed by atoms with van der Waals surface area (Å²) in [5, 5.41) is 11.7. The average molecular weight is 406 g/mol. The van der Waals surface area contributed by atoms with Gasteiger partial charge in [0.15, 0.2) is 4.34 Å². The Hall–Kier alpha value is -2.09. The Morgan fingerprint density at radius 3 is 2.81 bits per heavy atom. The number of methoxy groups -OCH3 is 1. The molecule has 5 nitrogen and oxygen atoms in total. The number of benzene rings is 2. The van der Waals surface area contributed by atoms with E-state index in [1.165, 1.54) is 29.6 Å². The van der Waals surface area contributed by atoms with E-state index in [9.17, 15) is 4.79 Å². The molecule has 0 atom stereocenters. The summed E-state index contributed by atoms with van der Waals surface area (Å²) in [5.74, 6) is 1.04. The minimum absolute atomic E-state index is 0.291. The zero-order chi connectivity index (χ0) is 18.5. The van der Waals surface area contributed by atoms with Crippen LogP contribution < -0.4 is 10.1 Å². The monoisotopic (exact) mass is 405 g/mol. The molecule has 1 aromatic heterocycles. The van der Waals surface area contributed by atoms with Crippen LogP contribution >= 0.6 is 34.7 Å². The lowest BCUT2D eigenvalue weighted by atomic mass is 10.1. The first-order valence-corrected chi connectivity index (χ1v) is 9.90. The van der Waals surface area contributed by atoms with Crippen LogP contribution in [0.5, 0.6) is 5.75 Å². The van der Waals surface area contributed by atoms with Gasteiger partial charge >= 0.3 is 0 Å². The number of ether oxygens (including phenoxy) is 1. The Kier molecular flexibility index (Phi) is 6.13. The number of thioether (sulfide) groups is 1. The van der Waals surface area contributed by atoms with E-state index in [0.29, 0.717) is 21.5 Å². The van der Waals surface area contributed by atoms with E-state index in [1.54, 1.807) is 30.0 Å². The summed E-state index contributed by atoms with van der Waals surface area (Å²) >= 11 is 9.00. The molecule has 134 valence electrons. The molecule has 8 heteroatoms. The quantitative estimate of drug-likeness (QED) is 0.459. The molecule has 0 aliphatic heterocycles. The lowest BCUT2D eigenvalue weighted by molar-refractivity contribution is 0.102. The fourth-order valence-corrected chi connectivity index (χ4v) is 4.29. The van der Waals surface area contributed by atoms with Gasteiger partial charge in [-0.2, -0.15) is 0 Å². The highest BCUT2D eigenvalue weighted by Crippen LogP contribution is 2.30. The van der Waals surface area contributed by atoms with E-state index >= 15 is 0 Å². The SMILES string of the molecule is COc1ccc(C(=O)Nc2nnc(SCc3ccccc3C)s2)cc1Cl. The van der Waals surface area contributed by atoms with Crippen LogP contribution in [0.15, 0.2) is 46.8 Å². The molecule has 1 N–H and O–H groups in total. The van der Waals surface area contributed by atoms with Crippen LogP contribution in [0.25, 0.3) is 0 Å². The van der Waals surface area contributed by atoms with Crippen LogP contribution in [0.3, 0.4) is 0 Å². The molecule has 1 heterocycles. The number of aromatic nitrogens is 2. The molecule has 0 aliphatic carbocycles. The number of halogens is 1. The number of hydrogen-bond acceptors (Lipinski definition) is 6. The molecule has 2 aromatic carbocycles. The zero-order valence-corrected chi connectivity index (χ0v) is 16.5. The lowest BCUT2D eigenvalue weighted by Crippen LogP contribution is -2.11. The van der Waals surface area contributed by atoms with Gasteiger partial charge in [-0.25, -0.2) is 0 Å². The number of carbonyl (C=O) groups excluding carboxylic acids is 1. The molecule has 0 saturated carbocycles. The van der Waals surface area contributed by atoms with Gasteiger partial charge in [0.2, 0.25) is 5.13 Å². The molecule has 0 radical (unpaired) electrons. The third kappa shape index (κ3) is 4.55. The Labute approximate surface area is 164 Å². The maximum absolute atomic E-state index is 12.3. The van der Waals surface area contributed by atoms with Crippen molar-refractivity contribution in [3.63, 3.8) is 0 Å². The zero-order valence-electron chi connectivity index (χ0n) is 14.2. The molecular formula is C18H16ClN3O2S2. The van der Waals surface area contributed by atoms with E-state index in [1.807, 2.05) is 12.1 Å². The second kappa shape index (κ2) is 8.53. The number of carbonyl (C=O) groups is 1. The number of amides is 1. The van der Waals surface area contributed by atoms with Crippen molar-refractivity contribution in [1.82, 2.24) is 10.2 Å². The Balaban J connectivity index is 1.62. The fraction of sp³-hybridized carbons (Fsp3) is 0.167. The third-order valence-corrected chi connectivity index (χ3v) is 5.97. The van der Waals surface area contributed by atoms with E-state index < -0.39 is 0 Å².